The molecule has 0 aromatic carbocycles. The first-order valence-corrected chi connectivity index (χ1v) is 5.65. The van der Waals surface area contributed by atoms with Crippen LogP contribution in [0.15, 0.2) is 33.1 Å². The van der Waals surface area contributed by atoms with Crippen molar-refractivity contribution in [3.05, 3.63) is 34.2 Å². The van der Waals surface area contributed by atoms with Crippen LogP contribution in [0.4, 0.5) is 0 Å². The lowest BCUT2D eigenvalue weighted by Crippen LogP contribution is -1.96. The van der Waals surface area contributed by atoms with E-state index in [4.69, 9.17) is 4.42 Å². The second-order valence-corrected chi connectivity index (χ2v) is 4.44. The Bertz CT molecular complexity index is 341. The summed E-state index contributed by atoms with van der Waals surface area (Å²) in [4.78, 5) is 0. The van der Waals surface area contributed by atoms with E-state index in [9.17, 15) is 5.11 Å². The highest BCUT2D eigenvalue weighted by Crippen LogP contribution is 2.29. The zero-order valence-corrected chi connectivity index (χ0v) is 9.46. The second kappa shape index (κ2) is 4.32. The Morgan fingerprint density at radius 2 is 2.43 bits per heavy atom. The van der Waals surface area contributed by atoms with Gasteiger partial charge in [0.25, 0.3) is 0 Å². The Morgan fingerprint density at radius 1 is 1.57 bits per heavy atom. The Hall–Kier alpha value is -0.540. The molecule has 1 aromatic rings. The molecular formula is C11H13BrO2. The van der Waals surface area contributed by atoms with Crippen LogP contribution < -0.4 is 0 Å². The molecule has 2 nitrogen and oxygen atoms in total. The molecule has 3 heteroatoms. The molecule has 0 fully saturated rings. The van der Waals surface area contributed by atoms with Gasteiger partial charge in [-0.15, -0.1) is 0 Å². The van der Waals surface area contributed by atoms with Crippen LogP contribution in [0.2, 0.25) is 0 Å². The van der Waals surface area contributed by atoms with Crippen LogP contribution in [0.1, 0.15) is 37.4 Å². The van der Waals surface area contributed by atoms with E-state index in [2.05, 4.69) is 22.0 Å². The van der Waals surface area contributed by atoms with Gasteiger partial charge in [-0.2, -0.15) is 0 Å². The molecule has 2 rings (SSSR count). The maximum absolute atomic E-state index is 9.87. The molecule has 0 aliphatic heterocycles. The molecule has 1 N–H and O–H groups in total. The molecule has 0 bridgehead atoms. The molecular weight excluding hydrogens is 244 g/mol. The summed E-state index contributed by atoms with van der Waals surface area (Å²) in [5.74, 6) is 0. The Kier molecular flexibility index (Phi) is 3.08. The topological polar surface area (TPSA) is 33.4 Å². The standard InChI is InChI=1S/C11H13BrO2/c12-11-6-9(7-14-11)10(13)5-8-3-1-2-4-8/h3,6-7,10,13H,1-2,4-5H2. The van der Waals surface area contributed by atoms with Crippen molar-refractivity contribution >= 4 is 15.9 Å². The van der Waals surface area contributed by atoms with Gasteiger partial charge in [-0.05, 0) is 47.7 Å². The number of aliphatic hydroxyl groups is 1. The van der Waals surface area contributed by atoms with Gasteiger partial charge in [-0.25, -0.2) is 0 Å². The van der Waals surface area contributed by atoms with Crippen LogP contribution in [0, 0.1) is 0 Å². The number of aliphatic hydroxyl groups excluding tert-OH is 1. The van der Waals surface area contributed by atoms with Crippen molar-refractivity contribution in [1.29, 1.82) is 0 Å². The summed E-state index contributed by atoms with van der Waals surface area (Å²) in [5, 5.41) is 9.87. The van der Waals surface area contributed by atoms with Crippen LogP contribution in [-0.2, 0) is 0 Å². The maximum Gasteiger partial charge on any atom is 0.169 e. The summed E-state index contributed by atoms with van der Waals surface area (Å²) in [5.41, 5.74) is 2.22. The van der Waals surface area contributed by atoms with E-state index in [1.165, 1.54) is 12.0 Å². The Labute approximate surface area is 91.7 Å². The Morgan fingerprint density at radius 3 is 3.00 bits per heavy atom. The van der Waals surface area contributed by atoms with E-state index in [-0.39, 0.29) is 0 Å². The average molecular weight is 257 g/mol. The first-order chi connectivity index (χ1) is 6.75. The summed E-state index contributed by atoms with van der Waals surface area (Å²) in [6, 6.07) is 1.82. The number of hydrogen-bond donors (Lipinski definition) is 1. The fourth-order valence-corrected chi connectivity index (χ4v) is 2.14. The van der Waals surface area contributed by atoms with Gasteiger partial charge < -0.3 is 9.52 Å². The van der Waals surface area contributed by atoms with E-state index >= 15 is 0 Å². The van der Waals surface area contributed by atoms with E-state index in [0.717, 1.165) is 24.8 Å². The fourth-order valence-electron chi connectivity index (χ4n) is 1.79. The highest BCUT2D eigenvalue weighted by Gasteiger charge is 2.14. The number of allylic oxidation sites excluding steroid dienone is 1. The van der Waals surface area contributed by atoms with Crippen molar-refractivity contribution in [2.45, 2.75) is 31.8 Å². The molecule has 1 aliphatic rings. The van der Waals surface area contributed by atoms with Crippen molar-refractivity contribution < 1.29 is 9.52 Å². The molecule has 0 saturated carbocycles. The van der Waals surface area contributed by atoms with Crippen LogP contribution in [0.25, 0.3) is 0 Å². The van der Waals surface area contributed by atoms with Gasteiger partial charge in [0.15, 0.2) is 4.67 Å². The van der Waals surface area contributed by atoms with Crippen LogP contribution in [-0.4, -0.2) is 5.11 Å². The van der Waals surface area contributed by atoms with Crippen molar-refractivity contribution in [3.8, 4) is 0 Å². The van der Waals surface area contributed by atoms with E-state index < -0.39 is 6.10 Å². The first kappa shape index (κ1) is 9.99. The smallest absolute Gasteiger partial charge is 0.169 e. The third-order valence-corrected chi connectivity index (χ3v) is 2.98. The third-order valence-electron chi connectivity index (χ3n) is 2.56. The minimum Gasteiger partial charge on any atom is -0.457 e. The highest BCUT2D eigenvalue weighted by atomic mass is 79.9. The molecule has 1 aliphatic carbocycles. The molecule has 1 unspecified atom stereocenters. The predicted octanol–water partition coefficient (Wildman–Crippen LogP) is 3.58. The minimum absolute atomic E-state index is 0.422. The average Bonchev–Trinajstić information content (AvgIpc) is 2.75. The molecule has 0 amide bonds. The second-order valence-electron chi connectivity index (χ2n) is 3.66. The number of furan rings is 1. The zero-order chi connectivity index (χ0) is 9.97. The summed E-state index contributed by atoms with van der Waals surface area (Å²) in [7, 11) is 0. The maximum atomic E-state index is 9.87. The lowest BCUT2D eigenvalue weighted by atomic mass is 10.0. The summed E-state index contributed by atoms with van der Waals surface area (Å²) < 4.78 is 5.76. The van der Waals surface area contributed by atoms with Gasteiger partial charge in [-0.1, -0.05) is 11.6 Å². The molecule has 0 spiro atoms. The third kappa shape index (κ3) is 2.28. The van der Waals surface area contributed by atoms with E-state index in [1.54, 1.807) is 6.26 Å². The summed E-state index contributed by atoms with van der Waals surface area (Å²) in [6.07, 6.45) is 7.69. The van der Waals surface area contributed by atoms with Gasteiger partial charge in [0.1, 0.15) is 0 Å². The van der Waals surface area contributed by atoms with Gasteiger partial charge in [0.2, 0.25) is 0 Å². The van der Waals surface area contributed by atoms with Crippen molar-refractivity contribution in [2.24, 2.45) is 0 Å². The molecule has 14 heavy (non-hydrogen) atoms. The quantitative estimate of drug-likeness (QED) is 0.839. The molecule has 1 aromatic heterocycles. The highest BCUT2D eigenvalue weighted by molar-refractivity contribution is 9.10. The van der Waals surface area contributed by atoms with Gasteiger partial charge in [0, 0.05) is 5.56 Å². The van der Waals surface area contributed by atoms with Crippen molar-refractivity contribution in [2.75, 3.05) is 0 Å². The number of rotatable bonds is 3. The van der Waals surface area contributed by atoms with E-state index in [1.807, 2.05) is 6.07 Å². The zero-order valence-electron chi connectivity index (χ0n) is 7.87. The molecule has 76 valence electrons. The van der Waals surface area contributed by atoms with Crippen LogP contribution in [0.5, 0.6) is 0 Å². The fraction of sp³-hybridized carbons (Fsp3) is 0.455. The number of hydrogen-bond acceptors (Lipinski definition) is 2. The first-order valence-electron chi connectivity index (χ1n) is 4.85. The normalized spacial score (nSPS) is 18.3. The van der Waals surface area contributed by atoms with Gasteiger partial charge in [-0.3, -0.25) is 0 Å². The molecule has 1 heterocycles. The van der Waals surface area contributed by atoms with Crippen LogP contribution >= 0.6 is 15.9 Å². The van der Waals surface area contributed by atoms with Gasteiger partial charge in [0.05, 0.1) is 12.4 Å². The lowest BCUT2D eigenvalue weighted by Gasteiger charge is -2.08. The largest absolute Gasteiger partial charge is 0.457 e. The molecule has 0 radical (unpaired) electrons. The number of halogens is 1. The molecule has 1 atom stereocenters. The molecule has 0 saturated heterocycles. The Balaban J connectivity index is 1.98. The summed E-state index contributed by atoms with van der Waals surface area (Å²) in [6.45, 7) is 0. The van der Waals surface area contributed by atoms with Gasteiger partial charge >= 0.3 is 0 Å². The van der Waals surface area contributed by atoms with Crippen LogP contribution in [0.3, 0.4) is 0 Å². The van der Waals surface area contributed by atoms with Crippen molar-refractivity contribution in [3.63, 3.8) is 0 Å². The predicted molar refractivity (Wildman–Crippen MR) is 57.9 cm³/mol. The monoisotopic (exact) mass is 256 g/mol. The van der Waals surface area contributed by atoms with E-state index in [0.29, 0.717) is 4.67 Å². The van der Waals surface area contributed by atoms with Crippen molar-refractivity contribution in [1.82, 2.24) is 0 Å². The summed E-state index contributed by atoms with van der Waals surface area (Å²) >= 11 is 3.22. The minimum atomic E-state index is -0.422. The lowest BCUT2D eigenvalue weighted by molar-refractivity contribution is 0.176. The SMILES string of the molecule is OC(CC1=CCCC1)c1coc(Br)c1.